The van der Waals surface area contributed by atoms with Gasteiger partial charge in [0.25, 0.3) is 0 Å². The van der Waals surface area contributed by atoms with Crippen LogP contribution in [0.15, 0.2) is 43.1 Å². The van der Waals surface area contributed by atoms with E-state index in [0.29, 0.717) is 36.1 Å². The Morgan fingerprint density at radius 1 is 1.09 bits per heavy atom. The Morgan fingerprint density at radius 2 is 2.00 bits per heavy atom. The third-order valence-electron chi connectivity index (χ3n) is 6.14. The highest BCUT2D eigenvalue weighted by atomic mass is 16.6. The van der Waals surface area contributed by atoms with Gasteiger partial charge >= 0.3 is 0 Å². The average molecular weight is 447 g/mol. The lowest BCUT2D eigenvalue weighted by molar-refractivity contribution is 0.0869. The van der Waals surface area contributed by atoms with E-state index in [4.69, 9.17) is 18.9 Å². The minimum absolute atomic E-state index is 0.220. The van der Waals surface area contributed by atoms with Gasteiger partial charge < -0.3 is 23.5 Å². The van der Waals surface area contributed by atoms with Gasteiger partial charge in [-0.2, -0.15) is 5.10 Å². The largest absolute Gasteiger partial charge is 0.495 e. The van der Waals surface area contributed by atoms with Crippen molar-refractivity contribution in [3.05, 3.63) is 54.2 Å². The first-order valence-electron chi connectivity index (χ1n) is 11.1. The number of hydrogen-bond donors (Lipinski definition) is 0. The number of rotatable bonds is 7. The molecule has 0 saturated heterocycles. The lowest BCUT2D eigenvalue weighted by Gasteiger charge is -2.27. The third-order valence-corrected chi connectivity index (χ3v) is 6.14. The Labute approximate surface area is 190 Å². The van der Waals surface area contributed by atoms with Crippen molar-refractivity contribution in [1.29, 1.82) is 0 Å². The molecule has 170 valence electrons. The van der Waals surface area contributed by atoms with E-state index < -0.39 is 0 Å². The number of benzene rings is 1. The normalized spacial score (nSPS) is 17.3. The Kier molecular flexibility index (Phi) is 4.82. The van der Waals surface area contributed by atoms with Crippen molar-refractivity contribution < 1.29 is 18.9 Å². The Bertz CT molecular complexity index is 1290. The van der Waals surface area contributed by atoms with Crippen LogP contribution in [0.25, 0.3) is 11.2 Å². The molecule has 9 heteroatoms. The molecule has 0 spiro atoms. The van der Waals surface area contributed by atoms with Gasteiger partial charge in [-0.15, -0.1) is 0 Å². The van der Waals surface area contributed by atoms with E-state index in [-0.39, 0.29) is 6.10 Å². The van der Waals surface area contributed by atoms with Gasteiger partial charge in [0, 0.05) is 24.4 Å². The fourth-order valence-corrected chi connectivity index (χ4v) is 4.17. The van der Waals surface area contributed by atoms with E-state index in [9.17, 15) is 0 Å². The Balaban J connectivity index is 1.24. The number of nitrogens with zero attached hydrogens (tertiary/aromatic N) is 5. The summed E-state index contributed by atoms with van der Waals surface area (Å²) in [6, 6.07) is 5.83. The van der Waals surface area contributed by atoms with Crippen LogP contribution in [0.5, 0.6) is 23.0 Å². The lowest BCUT2D eigenvalue weighted by atomic mass is 10.1. The molecule has 1 aliphatic heterocycles. The van der Waals surface area contributed by atoms with Crippen molar-refractivity contribution in [2.45, 2.75) is 32.0 Å². The van der Waals surface area contributed by atoms with E-state index >= 15 is 0 Å². The first-order chi connectivity index (χ1) is 16.2. The molecule has 1 aliphatic carbocycles. The Morgan fingerprint density at radius 3 is 2.82 bits per heavy atom. The van der Waals surface area contributed by atoms with Gasteiger partial charge in [0.05, 0.1) is 39.5 Å². The van der Waals surface area contributed by atoms with E-state index in [1.807, 2.05) is 33.6 Å². The molecule has 1 saturated carbocycles. The van der Waals surface area contributed by atoms with Crippen molar-refractivity contribution in [3.8, 4) is 23.0 Å². The number of imidazole rings is 1. The van der Waals surface area contributed by atoms with E-state index in [1.54, 1.807) is 26.7 Å². The molecule has 4 heterocycles. The number of ether oxygens (including phenoxy) is 4. The molecule has 1 unspecified atom stereocenters. The fourth-order valence-electron chi connectivity index (χ4n) is 4.17. The minimum atomic E-state index is -0.220. The van der Waals surface area contributed by atoms with Gasteiger partial charge in [-0.05, 0) is 36.5 Å². The van der Waals surface area contributed by atoms with E-state index in [2.05, 4.69) is 21.3 Å². The molecule has 2 aliphatic rings. The SMILES string of the molecule is COc1cnc2c(c1)ncn2Cc1cc(OC)c2c(c1)OCC(c1cnn(CC3CC3)c1)O2. The first kappa shape index (κ1) is 19.9. The summed E-state index contributed by atoms with van der Waals surface area (Å²) in [4.78, 5) is 8.93. The van der Waals surface area contributed by atoms with Crippen molar-refractivity contribution in [2.24, 2.45) is 5.92 Å². The van der Waals surface area contributed by atoms with Gasteiger partial charge in [0.1, 0.15) is 17.9 Å². The molecular formula is C24H25N5O4. The van der Waals surface area contributed by atoms with Crippen LogP contribution in [0.2, 0.25) is 0 Å². The van der Waals surface area contributed by atoms with E-state index in [1.165, 1.54) is 12.8 Å². The summed E-state index contributed by atoms with van der Waals surface area (Å²) in [5.74, 6) is 3.37. The van der Waals surface area contributed by atoms with Crippen LogP contribution in [-0.2, 0) is 13.1 Å². The van der Waals surface area contributed by atoms with Crippen LogP contribution in [0, 0.1) is 5.92 Å². The highest BCUT2D eigenvalue weighted by Crippen LogP contribution is 2.44. The predicted octanol–water partition coefficient (Wildman–Crippen LogP) is 3.62. The van der Waals surface area contributed by atoms with Crippen LogP contribution in [-0.4, -0.2) is 45.1 Å². The maximum Gasteiger partial charge on any atom is 0.204 e. The van der Waals surface area contributed by atoms with Crippen molar-refractivity contribution in [1.82, 2.24) is 24.3 Å². The van der Waals surface area contributed by atoms with Crippen molar-refractivity contribution in [2.75, 3.05) is 20.8 Å². The standard InChI is InChI=1S/C24H25N5O4/c1-30-18-7-19-24(25-9-18)28(14-26-19)10-16-5-20(31-2)23-21(6-16)32-13-22(33-23)17-8-27-29(12-17)11-15-3-4-15/h5-9,12,14-15,22H,3-4,10-11,13H2,1-2H3. The number of aromatic nitrogens is 5. The second-order valence-corrected chi connectivity index (χ2v) is 8.57. The van der Waals surface area contributed by atoms with Gasteiger partial charge in [-0.3, -0.25) is 4.68 Å². The second kappa shape index (κ2) is 7.99. The monoisotopic (exact) mass is 447 g/mol. The van der Waals surface area contributed by atoms with Crippen LogP contribution in [0.4, 0.5) is 0 Å². The molecule has 3 aromatic heterocycles. The summed E-state index contributed by atoms with van der Waals surface area (Å²) in [7, 11) is 3.26. The van der Waals surface area contributed by atoms with Gasteiger partial charge in [0.15, 0.2) is 23.3 Å². The van der Waals surface area contributed by atoms with Crippen LogP contribution >= 0.6 is 0 Å². The number of methoxy groups -OCH3 is 2. The predicted molar refractivity (Wildman–Crippen MR) is 120 cm³/mol. The molecule has 1 atom stereocenters. The summed E-state index contributed by atoms with van der Waals surface area (Å²) < 4.78 is 27.3. The van der Waals surface area contributed by atoms with Gasteiger partial charge in [-0.25, -0.2) is 9.97 Å². The van der Waals surface area contributed by atoms with Crippen molar-refractivity contribution in [3.63, 3.8) is 0 Å². The molecule has 0 N–H and O–H groups in total. The molecule has 0 amide bonds. The molecular weight excluding hydrogens is 422 g/mol. The smallest absolute Gasteiger partial charge is 0.204 e. The number of hydrogen-bond acceptors (Lipinski definition) is 7. The second-order valence-electron chi connectivity index (χ2n) is 8.57. The first-order valence-corrected chi connectivity index (χ1v) is 11.1. The van der Waals surface area contributed by atoms with E-state index in [0.717, 1.165) is 34.8 Å². The molecule has 9 nitrogen and oxygen atoms in total. The zero-order chi connectivity index (χ0) is 22.4. The summed E-state index contributed by atoms with van der Waals surface area (Å²) in [6.07, 6.45) is 9.77. The lowest BCUT2D eigenvalue weighted by Crippen LogP contribution is -2.22. The van der Waals surface area contributed by atoms with Crippen LogP contribution < -0.4 is 18.9 Å². The Hall–Kier alpha value is -3.75. The summed E-state index contributed by atoms with van der Waals surface area (Å²) in [5, 5.41) is 4.49. The number of pyridine rings is 1. The maximum absolute atomic E-state index is 6.31. The summed E-state index contributed by atoms with van der Waals surface area (Å²) in [6.45, 7) is 1.96. The molecule has 33 heavy (non-hydrogen) atoms. The molecule has 6 rings (SSSR count). The zero-order valence-corrected chi connectivity index (χ0v) is 18.6. The third kappa shape index (κ3) is 3.83. The zero-order valence-electron chi connectivity index (χ0n) is 18.6. The average Bonchev–Trinajstić information content (AvgIpc) is 3.39. The molecule has 1 fully saturated rings. The number of fused-ring (bicyclic) bond motifs is 2. The highest BCUT2D eigenvalue weighted by molar-refractivity contribution is 5.72. The van der Waals surface area contributed by atoms with Crippen LogP contribution in [0.1, 0.15) is 30.1 Å². The maximum atomic E-state index is 6.31. The summed E-state index contributed by atoms with van der Waals surface area (Å²) in [5.41, 5.74) is 3.58. The quantitative estimate of drug-likeness (QED) is 0.428. The van der Waals surface area contributed by atoms with Gasteiger partial charge in [-0.1, -0.05) is 0 Å². The highest BCUT2D eigenvalue weighted by Gasteiger charge is 2.28. The molecule has 4 aromatic rings. The molecule has 0 bridgehead atoms. The fraction of sp³-hybridized carbons (Fsp3) is 0.375. The minimum Gasteiger partial charge on any atom is -0.495 e. The van der Waals surface area contributed by atoms with Crippen molar-refractivity contribution >= 4 is 11.2 Å². The summed E-state index contributed by atoms with van der Waals surface area (Å²) >= 11 is 0. The van der Waals surface area contributed by atoms with Gasteiger partial charge in [0.2, 0.25) is 5.75 Å². The molecule has 1 aromatic carbocycles. The topological polar surface area (TPSA) is 85.5 Å². The molecule has 0 radical (unpaired) electrons. The van der Waals surface area contributed by atoms with Crippen LogP contribution in [0.3, 0.4) is 0 Å².